The number of carbonyl (C=O) groups is 2. The molecule has 2 heterocycles. The van der Waals surface area contributed by atoms with Gasteiger partial charge in [-0.2, -0.15) is 0 Å². The molecular weight excluding hydrogens is 374 g/mol. The van der Waals surface area contributed by atoms with Gasteiger partial charge >= 0.3 is 0 Å². The zero-order chi connectivity index (χ0) is 20.1. The van der Waals surface area contributed by atoms with Gasteiger partial charge in [-0.1, -0.05) is 23.9 Å². The Morgan fingerprint density at radius 3 is 2.79 bits per heavy atom. The molecule has 0 atom stereocenters. The van der Waals surface area contributed by atoms with Gasteiger partial charge in [-0.25, -0.2) is 9.97 Å². The first-order valence-electron chi connectivity index (χ1n) is 9.02. The van der Waals surface area contributed by atoms with E-state index in [0.29, 0.717) is 5.82 Å². The molecule has 0 fully saturated rings. The first kappa shape index (κ1) is 19.9. The molecule has 7 nitrogen and oxygen atoms in total. The number of pyridine rings is 1. The molecule has 2 amide bonds. The predicted octanol–water partition coefficient (Wildman–Crippen LogP) is 2.95. The highest BCUT2D eigenvalue weighted by Crippen LogP contribution is 2.24. The average Bonchev–Trinajstić information content (AvgIpc) is 3.03. The number of hydrogen-bond acceptors (Lipinski definition) is 5. The van der Waals surface area contributed by atoms with Crippen molar-refractivity contribution in [2.75, 3.05) is 24.7 Å². The Morgan fingerprint density at radius 2 is 2.04 bits per heavy atom. The van der Waals surface area contributed by atoms with Crippen molar-refractivity contribution in [2.45, 2.75) is 25.5 Å². The van der Waals surface area contributed by atoms with Crippen LogP contribution < -0.4 is 5.32 Å². The highest BCUT2D eigenvalue weighted by Gasteiger charge is 2.16. The average molecular weight is 398 g/mol. The van der Waals surface area contributed by atoms with Gasteiger partial charge in [0, 0.05) is 19.8 Å². The van der Waals surface area contributed by atoms with E-state index in [1.165, 1.54) is 16.7 Å². The number of rotatable bonds is 7. The van der Waals surface area contributed by atoms with Crippen molar-refractivity contribution in [3.05, 3.63) is 48.2 Å². The summed E-state index contributed by atoms with van der Waals surface area (Å²) in [5, 5.41) is 3.52. The summed E-state index contributed by atoms with van der Waals surface area (Å²) in [6.45, 7) is 4.72. The number of hydrogen-bond donors (Lipinski definition) is 1. The topological polar surface area (TPSA) is 80.1 Å². The second kappa shape index (κ2) is 8.88. The van der Waals surface area contributed by atoms with Crippen molar-refractivity contribution in [1.82, 2.24) is 19.4 Å². The van der Waals surface area contributed by atoms with Gasteiger partial charge < -0.3 is 14.8 Å². The zero-order valence-corrected chi connectivity index (χ0v) is 17.0. The number of amides is 2. The fourth-order valence-corrected chi connectivity index (χ4v) is 3.82. The molecule has 8 heteroatoms. The van der Waals surface area contributed by atoms with Crippen LogP contribution in [0, 0.1) is 6.92 Å². The Kier molecular flexibility index (Phi) is 6.30. The van der Waals surface area contributed by atoms with Gasteiger partial charge in [-0.3, -0.25) is 9.59 Å². The molecule has 28 heavy (non-hydrogen) atoms. The summed E-state index contributed by atoms with van der Waals surface area (Å²) in [4.78, 5) is 34.7. The van der Waals surface area contributed by atoms with E-state index in [2.05, 4.69) is 26.8 Å². The fraction of sp³-hybridized carbons (Fsp3) is 0.300. The number of aryl methyl sites for hydroxylation is 2. The van der Waals surface area contributed by atoms with E-state index in [1.807, 2.05) is 37.3 Å². The van der Waals surface area contributed by atoms with Crippen LogP contribution in [0.25, 0.3) is 11.0 Å². The summed E-state index contributed by atoms with van der Waals surface area (Å²) in [6, 6.07) is 11.5. The smallest absolute Gasteiger partial charge is 0.245 e. The Balaban J connectivity index is 1.56. The molecule has 0 radical (unpaired) electrons. The van der Waals surface area contributed by atoms with Crippen molar-refractivity contribution in [2.24, 2.45) is 0 Å². The van der Waals surface area contributed by atoms with Crippen LogP contribution in [0.3, 0.4) is 0 Å². The van der Waals surface area contributed by atoms with Gasteiger partial charge in [0.15, 0.2) is 5.16 Å². The molecule has 146 valence electrons. The number of thioether (sulfide) groups is 1. The maximum Gasteiger partial charge on any atom is 0.245 e. The molecule has 0 aliphatic rings. The number of benzene rings is 1. The molecule has 3 aromatic rings. The number of imidazole rings is 1. The van der Waals surface area contributed by atoms with Crippen LogP contribution in [0.1, 0.15) is 12.5 Å². The summed E-state index contributed by atoms with van der Waals surface area (Å²) in [6.07, 6.45) is 1.64. The summed E-state index contributed by atoms with van der Waals surface area (Å²) in [5.74, 6) is 0.291. The van der Waals surface area contributed by atoms with Crippen molar-refractivity contribution >= 4 is 40.4 Å². The summed E-state index contributed by atoms with van der Waals surface area (Å²) in [7, 11) is 1.62. The van der Waals surface area contributed by atoms with Gasteiger partial charge in [0.2, 0.25) is 11.8 Å². The van der Waals surface area contributed by atoms with Crippen LogP contribution in [0.4, 0.5) is 5.82 Å². The van der Waals surface area contributed by atoms with Gasteiger partial charge in [0.25, 0.3) is 0 Å². The number of nitrogens with one attached hydrogen (secondary N) is 1. The van der Waals surface area contributed by atoms with Gasteiger partial charge in [-0.15, -0.1) is 0 Å². The minimum Gasteiger partial charge on any atom is -0.336 e. The minimum absolute atomic E-state index is 0.0286. The van der Waals surface area contributed by atoms with E-state index in [4.69, 9.17) is 0 Å². The quantitative estimate of drug-likeness (QED) is 0.620. The molecule has 0 aliphatic heterocycles. The third kappa shape index (κ3) is 4.69. The molecule has 1 aromatic carbocycles. The molecule has 0 saturated heterocycles. The van der Waals surface area contributed by atoms with E-state index in [-0.39, 0.29) is 24.1 Å². The molecule has 0 unspecified atom stereocenters. The fourth-order valence-electron chi connectivity index (χ4n) is 2.80. The molecule has 0 saturated carbocycles. The second-order valence-electron chi connectivity index (χ2n) is 6.43. The maximum absolute atomic E-state index is 12.4. The standard InChI is InChI=1S/C20H23N5O2S/c1-4-25-16-8-6-5-7-15(16)22-20(25)28-13-19(27)24(3)12-18(26)23-17-11-14(2)9-10-21-17/h5-11H,4,12-13H2,1-3H3,(H,21,23,26). The Morgan fingerprint density at radius 1 is 1.25 bits per heavy atom. The number of fused-ring (bicyclic) bond motifs is 1. The number of para-hydroxylation sites is 2. The van der Waals surface area contributed by atoms with Crippen LogP contribution >= 0.6 is 11.8 Å². The van der Waals surface area contributed by atoms with Gasteiger partial charge in [0.1, 0.15) is 5.82 Å². The van der Waals surface area contributed by atoms with E-state index in [0.717, 1.165) is 28.3 Å². The highest BCUT2D eigenvalue weighted by atomic mass is 32.2. The zero-order valence-electron chi connectivity index (χ0n) is 16.2. The minimum atomic E-state index is -0.278. The number of aromatic nitrogens is 3. The van der Waals surface area contributed by atoms with Crippen molar-refractivity contribution in [1.29, 1.82) is 0 Å². The summed E-state index contributed by atoms with van der Waals surface area (Å²) >= 11 is 1.38. The summed E-state index contributed by atoms with van der Waals surface area (Å²) < 4.78 is 2.09. The summed E-state index contributed by atoms with van der Waals surface area (Å²) in [5.41, 5.74) is 2.97. The van der Waals surface area contributed by atoms with E-state index in [1.54, 1.807) is 19.3 Å². The first-order valence-corrected chi connectivity index (χ1v) is 10.0. The Hall–Kier alpha value is -2.87. The second-order valence-corrected chi connectivity index (χ2v) is 7.37. The normalized spacial score (nSPS) is 10.8. The lowest BCUT2D eigenvalue weighted by atomic mass is 10.3. The van der Waals surface area contributed by atoms with Crippen LogP contribution in [0.5, 0.6) is 0 Å². The molecule has 0 spiro atoms. The molecule has 0 aliphatic carbocycles. The number of carbonyl (C=O) groups excluding carboxylic acids is 2. The molecular formula is C20H23N5O2S. The maximum atomic E-state index is 12.4. The molecule has 1 N–H and O–H groups in total. The third-order valence-electron chi connectivity index (χ3n) is 4.25. The van der Waals surface area contributed by atoms with Crippen LogP contribution in [-0.2, 0) is 16.1 Å². The van der Waals surface area contributed by atoms with E-state index >= 15 is 0 Å². The third-order valence-corrected chi connectivity index (χ3v) is 5.21. The number of nitrogens with zero attached hydrogens (tertiary/aromatic N) is 4. The first-order chi connectivity index (χ1) is 13.5. The monoisotopic (exact) mass is 397 g/mol. The largest absolute Gasteiger partial charge is 0.336 e. The molecule has 0 bridgehead atoms. The lowest BCUT2D eigenvalue weighted by Gasteiger charge is -2.16. The molecule has 3 rings (SSSR count). The van der Waals surface area contributed by atoms with Crippen molar-refractivity contribution in [3.63, 3.8) is 0 Å². The van der Waals surface area contributed by atoms with Crippen molar-refractivity contribution < 1.29 is 9.59 Å². The lowest BCUT2D eigenvalue weighted by molar-refractivity contribution is -0.131. The Labute approximate surface area is 168 Å². The Bertz CT molecular complexity index is 1000. The van der Waals surface area contributed by atoms with Gasteiger partial charge in [-0.05, 0) is 43.7 Å². The van der Waals surface area contributed by atoms with Crippen LogP contribution in [0.2, 0.25) is 0 Å². The van der Waals surface area contributed by atoms with Crippen molar-refractivity contribution in [3.8, 4) is 0 Å². The van der Waals surface area contributed by atoms with E-state index in [9.17, 15) is 9.59 Å². The van der Waals surface area contributed by atoms with E-state index < -0.39 is 0 Å². The highest BCUT2D eigenvalue weighted by molar-refractivity contribution is 7.99. The SMILES string of the molecule is CCn1c(SCC(=O)N(C)CC(=O)Nc2cc(C)ccn2)nc2ccccc21. The van der Waals surface area contributed by atoms with Gasteiger partial charge in [0.05, 0.1) is 23.3 Å². The van der Waals surface area contributed by atoms with Crippen LogP contribution in [0.15, 0.2) is 47.8 Å². The lowest BCUT2D eigenvalue weighted by Crippen LogP contribution is -2.36. The van der Waals surface area contributed by atoms with Crippen LogP contribution in [-0.4, -0.2) is 50.6 Å². The predicted molar refractivity (Wildman–Crippen MR) is 111 cm³/mol. The molecule has 2 aromatic heterocycles. The number of anilines is 1. The number of likely N-dealkylation sites (N-methyl/N-ethyl adjacent to an activating group) is 1.